The standard InChI is InChI=1S/C12H14FN/c13-10-3-1-8(2-4-10)5-12-11-6-9(11)7-14-12/h1-4,9,11-12,14H,5-7H2/t9-,11?,12-/m0/s1. The molecule has 0 aromatic heterocycles. The van der Waals surface area contributed by atoms with E-state index in [9.17, 15) is 4.39 Å². The summed E-state index contributed by atoms with van der Waals surface area (Å²) < 4.78 is 12.7. The van der Waals surface area contributed by atoms with Gasteiger partial charge in [-0.3, -0.25) is 0 Å². The van der Waals surface area contributed by atoms with Crippen LogP contribution >= 0.6 is 0 Å². The maximum atomic E-state index is 12.7. The van der Waals surface area contributed by atoms with E-state index in [1.165, 1.54) is 18.5 Å². The normalized spacial score (nSPS) is 34.2. The summed E-state index contributed by atoms with van der Waals surface area (Å²) in [5, 5.41) is 3.53. The molecule has 1 aliphatic carbocycles. The van der Waals surface area contributed by atoms with Crippen LogP contribution in [0.4, 0.5) is 4.39 Å². The fraction of sp³-hybridized carbons (Fsp3) is 0.500. The Labute approximate surface area is 83.3 Å². The van der Waals surface area contributed by atoms with Crippen molar-refractivity contribution >= 4 is 0 Å². The van der Waals surface area contributed by atoms with Gasteiger partial charge in [0.05, 0.1) is 0 Å². The second-order valence-electron chi connectivity index (χ2n) is 4.50. The summed E-state index contributed by atoms with van der Waals surface area (Å²) in [6.07, 6.45) is 2.46. The lowest BCUT2D eigenvalue weighted by Crippen LogP contribution is -2.28. The molecule has 1 nitrogen and oxygen atoms in total. The van der Waals surface area contributed by atoms with Crippen LogP contribution in [-0.2, 0) is 6.42 Å². The summed E-state index contributed by atoms with van der Waals surface area (Å²) in [5.74, 6) is 1.71. The maximum absolute atomic E-state index is 12.7. The zero-order valence-corrected chi connectivity index (χ0v) is 8.04. The van der Waals surface area contributed by atoms with Gasteiger partial charge in [0, 0.05) is 6.04 Å². The molecule has 14 heavy (non-hydrogen) atoms. The first-order valence-electron chi connectivity index (χ1n) is 5.31. The van der Waals surface area contributed by atoms with E-state index in [1.54, 1.807) is 12.1 Å². The number of halogens is 1. The Balaban J connectivity index is 1.69. The molecular formula is C12H14FN. The predicted octanol–water partition coefficient (Wildman–Crippen LogP) is 1.98. The van der Waals surface area contributed by atoms with Gasteiger partial charge < -0.3 is 5.32 Å². The first kappa shape index (κ1) is 8.42. The van der Waals surface area contributed by atoms with Crippen LogP contribution in [0.15, 0.2) is 24.3 Å². The number of nitrogens with one attached hydrogen (secondary N) is 1. The second kappa shape index (κ2) is 3.06. The SMILES string of the molecule is Fc1ccc(C[C@@H]2NC[C@@H]3CC32)cc1. The molecule has 1 aromatic carbocycles. The van der Waals surface area contributed by atoms with Crippen molar-refractivity contribution in [3.8, 4) is 0 Å². The Bertz CT molecular complexity index is 333. The molecule has 0 amide bonds. The molecule has 0 bridgehead atoms. The molecule has 3 rings (SSSR count). The van der Waals surface area contributed by atoms with Crippen molar-refractivity contribution in [3.63, 3.8) is 0 Å². The van der Waals surface area contributed by atoms with Crippen molar-refractivity contribution in [1.82, 2.24) is 5.32 Å². The highest BCUT2D eigenvalue weighted by atomic mass is 19.1. The van der Waals surface area contributed by atoms with Crippen molar-refractivity contribution in [2.45, 2.75) is 18.9 Å². The molecule has 1 heterocycles. The van der Waals surface area contributed by atoms with Gasteiger partial charge in [-0.05, 0) is 48.9 Å². The monoisotopic (exact) mass is 191 g/mol. The molecule has 1 aliphatic heterocycles. The quantitative estimate of drug-likeness (QED) is 0.753. The zero-order chi connectivity index (χ0) is 9.54. The maximum Gasteiger partial charge on any atom is 0.123 e. The van der Waals surface area contributed by atoms with Crippen LogP contribution in [0.25, 0.3) is 0 Å². The Kier molecular flexibility index (Phi) is 1.84. The van der Waals surface area contributed by atoms with Crippen LogP contribution in [0, 0.1) is 17.7 Å². The summed E-state index contributed by atoms with van der Waals surface area (Å²) in [7, 11) is 0. The van der Waals surface area contributed by atoms with E-state index >= 15 is 0 Å². The second-order valence-corrected chi connectivity index (χ2v) is 4.50. The van der Waals surface area contributed by atoms with Crippen molar-refractivity contribution in [2.75, 3.05) is 6.54 Å². The van der Waals surface area contributed by atoms with Gasteiger partial charge in [0.1, 0.15) is 5.82 Å². The number of benzene rings is 1. The van der Waals surface area contributed by atoms with E-state index in [2.05, 4.69) is 5.32 Å². The minimum atomic E-state index is -0.141. The number of fused-ring (bicyclic) bond motifs is 1. The van der Waals surface area contributed by atoms with Crippen molar-refractivity contribution in [1.29, 1.82) is 0 Å². The van der Waals surface area contributed by atoms with Gasteiger partial charge in [0.15, 0.2) is 0 Å². The lowest BCUT2D eigenvalue weighted by atomic mass is 10.0. The molecule has 2 heteroatoms. The minimum Gasteiger partial charge on any atom is -0.313 e. The Morgan fingerprint density at radius 3 is 2.64 bits per heavy atom. The summed E-state index contributed by atoms with van der Waals surface area (Å²) in [6, 6.07) is 7.54. The largest absolute Gasteiger partial charge is 0.313 e. The van der Waals surface area contributed by atoms with E-state index in [-0.39, 0.29) is 5.82 Å². The summed E-state index contributed by atoms with van der Waals surface area (Å²) >= 11 is 0. The van der Waals surface area contributed by atoms with Crippen molar-refractivity contribution < 1.29 is 4.39 Å². The summed E-state index contributed by atoms with van der Waals surface area (Å²) in [6.45, 7) is 1.19. The van der Waals surface area contributed by atoms with Gasteiger partial charge in [-0.1, -0.05) is 12.1 Å². The highest BCUT2D eigenvalue weighted by molar-refractivity contribution is 5.19. The molecule has 1 N–H and O–H groups in total. The van der Waals surface area contributed by atoms with Crippen LogP contribution in [-0.4, -0.2) is 12.6 Å². The molecule has 1 saturated carbocycles. The lowest BCUT2D eigenvalue weighted by molar-refractivity contribution is 0.530. The number of hydrogen-bond donors (Lipinski definition) is 1. The van der Waals surface area contributed by atoms with E-state index in [0.717, 1.165) is 18.3 Å². The zero-order valence-electron chi connectivity index (χ0n) is 8.04. The summed E-state index contributed by atoms with van der Waals surface area (Å²) in [4.78, 5) is 0. The Morgan fingerprint density at radius 1 is 1.29 bits per heavy atom. The van der Waals surface area contributed by atoms with Gasteiger partial charge in [-0.2, -0.15) is 0 Å². The van der Waals surface area contributed by atoms with E-state index in [0.29, 0.717) is 6.04 Å². The van der Waals surface area contributed by atoms with Crippen molar-refractivity contribution in [3.05, 3.63) is 35.6 Å². The Hall–Kier alpha value is -0.890. The average molecular weight is 191 g/mol. The van der Waals surface area contributed by atoms with Gasteiger partial charge in [0.2, 0.25) is 0 Å². The summed E-state index contributed by atoms with van der Waals surface area (Å²) in [5.41, 5.74) is 1.25. The lowest BCUT2D eigenvalue weighted by Gasteiger charge is -2.12. The highest BCUT2D eigenvalue weighted by Gasteiger charge is 2.47. The molecule has 74 valence electrons. The molecule has 0 radical (unpaired) electrons. The van der Waals surface area contributed by atoms with Gasteiger partial charge >= 0.3 is 0 Å². The number of hydrogen-bond acceptors (Lipinski definition) is 1. The van der Waals surface area contributed by atoms with Gasteiger partial charge in [0.25, 0.3) is 0 Å². The molecule has 3 atom stereocenters. The number of piperidine rings is 1. The fourth-order valence-electron chi connectivity index (χ4n) is 2.55. The fourth-order valence-corrected chi connectivity index (χ4v) is 2.55. The predicted molar refractivity (Wildman–Crippen MR) is 53.5 cm³/mol. The van der Waals surface area contributed by atoms with Crippen LogP contribution < -0.4 is 5.32 Å². The third kappa shape index (κ3) is 1.44. The van der Waals surface area contributed by atoms with E-state index in [1.807, 2.05) is 12.1 Å². The topological polar surface area (TPSA) is 12.0 Å². The van der Waals surface area contributed by atoms with Crippen LogP contribution in [0.3, 0.4) is 0 Å². The third-order valence-electron chi connectivity index (χ3n) is 3.51. The molecule has 1 saturated heterocycles. The van der Waals surface area contributed by atoms with Crippen LogP contribution in [0.5, 0.6) is 0 Å². The van der Waals surface area contributed by atoms with Gasteiger partial charge in [-0.25, -0.2) is 4.39 Å². The van der Waals surface area contributed by atoms with Crippen LogP contribution in [0.2, 0.25) is 0 Å². The number of rotatable bonds is 2. The van der Waals surface area contributed by atoms with Crippen LogP contribution in [0.1, 0.15) is 12.0 Å². The van der Waals surface area contributed by atoms with E-state index in [4.69, 9.17) is 0 Å². The first-order valence-corrected chi connectivity index (χ1v) is 5.31. The molecule has 2 fully saturated rings. The van der Waals surface area contributed by atoms with E-state index < -0.39 is 0 Å². The molecule has 1 aromatic rings. The van der Waals surface area contributed by atoms with Crippen molar-refractivity contribution in [2.24, 2.45) is 11.8 Å². The molecule has 1 unspecified atom stereocenters. The molecular weight excluding hydrogens is 177 g/mol. The molecule has 0 spiro atoms. The minimum absolute atomic E-state index is 0.141. The average Bonchev–Trinajstić information content (AvgIpc) is 2.88. The highest BCUT2D eigenvalue weighted by Crippen LogP contribution is 2.45. The smallest absolute Gasteiger partial charge is 0.123 e. The third-order valence-corrected chi connectivity index (χ3v) is 3.51. The molecule has 2 aliphatic rings. The first-order chi connectivity index (χ1) is 6.83. The Morgan fingerprint density at radius 2 is 2.07 bits per heavy atom. The van der Waals surface area contributed by atoms with Gasteiger partial charge in [-0.15, -0.1) is 0 Å².